The zero-order chi connectivity index (χ0) is 14.1. The Bertz CT molecular complexity index is 292. The van der Waals surface area contributed by atoms with E-state index in [1.807, 2.05) is 4.90 Å². The molecule has 0 spiro atoms. The van der Waals surface area contributed by atoms with Gasteiger partial charge in [0.05, 0.1) is 0 Å². The summed E-state index contributed by atoms with van der Waals surface area (Å²) in [6, 6.07) is 0.341. The minimum Gasteiger partial charge on any atom is -0.338 e. The fraction of sp³-hybridized carbons (Fsp3) is 0.933. The van der Waals surface area contributed by atoms with Crippen LogP contribution in [0.2, 0.25) is 0 Å². The molecule has 0 aromatic heterocycles. The Labute approximate surface area is 112 Å². The largest absolute Gasteiger partial charge is 0.338 e. The van der Waals surface area contributed by atoms with Crippen molar-refractivity contribution in [1.82, 2.24) is 4.90 Å². The van der Waals surface area contributed by atoms with Gasteiger partial charge < -0.3 is 10.6 Å². The Kier molecular flexibility index (Phi) is 4.47. The third-order valence-electron chi connectivity index (χ3n) is 5.30. The van der Waals surface area contributed by atoms with Crippen LogP contribution in [0.4, 0.5) is 0 Å². The van der Waals surface area contributed by atoms with E-state index < -0.39 is 0 Å². The molecule has 106 valence electrons. The summed E-state index contributed by atoms with van der Waals surface area (Å²) in [5.41, 5.74) is 5.90. The van der Waals surface area contributed by atoms with Gasteiger partial charge in [0.2, 0.25) is 5.91 Å². The van der Waals surface area contributed by atoms with Crippen LogP contribution in [0.15, 0.2) is 0 Å². The average Bonchev–Trinajstić information content (AvgIpc) is 2.69. The highest BCUT2D eigenvalue weighted by molar-refractivity contribution is 5.84. The van der Waals surface area contributed by atoms with Crippen LogP contribution in [-0.4, -0.2) is 29.9 Å². The number of hydrogen-bond donors (Lipinski definition) is 1. The molecule has 0 atom stereocenters. The lowest BCUT2D eigenvalue weighted by Gasteiger charge is -2.31. The molecular weight excluding hydrogens is 224 g/mol. The highest BCUT2D eigenvalue weighted by Gasteiger charge is 2.68. The van der Waals surface area contributed by atoms with Gasteiger partial charge in [-0.15, -0.1) is 0 Å². The SMILES string of the molecule is CCC(CC)N(CCN)C(=O)C1C(C)(C)C1(C)C. The summed E-state index contributed by atoms with van der Waals surface area (Å²) in [6.45, 7) is 14.3. The summed E-state index contributed by atoms with van der Waals surface area (Å²) in [4.78, 5) is 14.8. The maximum Gasteiger partial charge on any atom is 0.227 e. The van der Waals surface area contributed by atoms with Gasteiger partial charge in [0.15, 0.2) is 0 Å². The molecule has 0 radical (unpaired) electrons. The number of hydrogen-bond acceptors (Lipinski definition) is 2. The lowest BCUT2D eigenvalue weighted by atomic mass is 10.0. The first-order valence-electron chi connectivity index (χ1n) is 7.26. The predicted octanol–water partition coefficient (Wildman–Crippen LogP) is 2.64. The Morgan fingerprint density at radius 3 is 1.89 bits per heavy atom. The molecule has 2 N–H and O–H groups in total. The standard InChI is InChI=1S/C15H30N2O/c1-7-11(8-2)17(10-9-16)13(18)12-14(3,4)15(12,5)6/h11-12H,7-10,16H2,1-6H3. The van der Waals surface area contributed by atoms with Gasteiger partial charge >= 0.3 is 0 Å². The van der Waals surface area contributed by atoms with E-state index in [0.29, 0.717) is 25.0 Å². The van der Waals surface area contributed by atoms with Crippen molar-refractivity contribution < 1.29 is 4.79 Å². The van der Waals surface area contributed by atoms with Crippen LogP contribution in [-0.2, 0) is 4.79 Å². The van der Waals surface area contributed by atoms with Crippen molar-refractivity contribution in [3.63, 3.8) is 0 Å². The maximum absolute atomic E-state index is 12.8. The zero-order valence-electron chi connectivity index (χ0n) is 12.9. The van der Waals surface area contributed by atoms with Crippen LogP contribution in [0.3, 0.4) is 0 Å². The van der Waals surface area contributed by atoms with Crippen LogP contribution in [0.1, 0.15) is 54.4 Å². The van der Waals surface area contributed by atoms with Crippen LogP contribution >= 0.6 is 0 Å². The van der Waals surface area contributed by atoms with Crippen molar-refractivity contribution in [2.45, 2.75) is 60.4 Å². The molecule has 1 aliphatic rings. The summed E-state index contributed by atoms with van der Waals surface area (Å²) in [5.74, 6) is 0.460. The Balaban J connectivity index is 2.86. The van der Waals surface area contributed by atoms with E-state index >= 15 is 0 Å². The molecule has 1 fully saturated rings. The first kappa shape index (κ1) is 15.5. The van der Waals surface area contributed by atoms with Gasteiger partial charge in [0, 0.05) is 25.0 Å². The molecule has 0 unspecified atom stereocenters. The van der Waals surface area contributed by atoms with E-state index in [1.165, 1.54) is 0 Å². The number of nitrogens with zero attached hydrogens (tertiary/aromatic N) is 1. The molecule has 0 heterocycles. The third kappa shape index (κ3) is 2.29. The van der Waals surface area contributed by atoms with Gasteiger partial charge in [-0.25, -0.2) is 0 Å². The molecule has 1 rings (SSSR count). The number of rotatable bonds is 6. The fourth-order valence-electron chi connectivity index (χ4n) is 3.32. The molecule has 18 heavy (non-hydrogen) atoms. The zero-order valence-corrected chi connectivity index (χ0v) is 12.9. The first-order chi connectivity index (χ1) is 8.25. The molecule has 0 aromatic carbocycles. The maximum atomic E-state index is 12.8. The normalized spacial score (nSPS) is 21.1. The van der Waals surface area contributed by atoms with Crippen molar-refractivity contribution in [3.05, 3.63) is 0 Å². The van der Waals surface area contributed by atoms with Gasteiger partial charge in [-0.1, -0.05) is 41.5 Å². The predicted molar refractivity (Wildman–Crippen MR) is 76.2 cm³/mol. The van der Waals surface area contributed by atoms with E-state index in [9.17, 15) is 4.79 Å². The minimum atomic E-state index is 0.114. The minimum absolute atomic E-state index is 0.114. The Morgan fingerprint density at radius 2 is 1.61 bits per heavy atom. The van der Waals surface area contributed by atoms with Crippen molar-refractivity contribution in [1.29, 1.82) is 0 Å². The molecule has 3 heteroatoms. The quantitative estimate of drug-likeness (QED) is 0.792. The van der Waals surface area contributed by atoms with E-state index in [4.69, 9.17) is 5.73 Å². The van der Waals surface area contributed by atoms with Gasteiger partial charge in [0.1, 0.15) is 0 Å². The van der Waals surface area contributed by atoms with Crippen LogP contribution < -0.4 is 5.73 Å². The summed E-state index contributed by atoms with van der Waals surface area (Å²) in [5, 5.41) is 0. The number of carbonyl (C=O) groups excluding carboxylic acids is 1. The van der Waals surface area contributed by atoms with Gasteiger partial charge in [-0.05, 0) is 23.7 Å². The second kappa shape index (κ2) is 5.20. The molecule has 0 bridgehead atoms. The lowest BCUT2D eigenvalue weighted by molar-refractivity contribution is -0.136. The summed E-state index contributed by atoms with van der Waals surface area (Å²) in [7, 11) is 0. The van der Waals surface area contributed by atoms with Crippen molar-refractivity contribution in [2.75, 3.05) is 13.1 Å². The average molecular weight is 254 g/mol. The highest BCUT2D eigenvalue weighted by Crippen LogP contribution is 2.68. The molecular formula is C15H30N2O. The smallest absolute Gasteiger partial charge is 0.227 e. The molecule has 3 nitrogen and oxygen atoms in total. The van der Waals surface area contributed by atoms with Gasteiger partial charge in [-0.3, -0.25) is 4.79 Å². The lowest BCUT2D eigenvalue weighted by Crippen LogP contribution is -2.44. The van der Waals surface area contributed by atoms with Crippen LogP contribution in [0.5, 0.6) is 0 Å². The second-order valence-corrected chi connectivity index (χ2v) is 6.67. The van der Waals surface area contributed by atoms with Crippen molar-refractivity contribution in [2.24, 2.45) is 22.5 Å². The molecule has 0 aliphatic heterocycles. The van der Waals surface area contributed by atoms with Crippen molar-refractivity contribution in [3.8, 4) is 0 Å². The van der Waals surface area contributed by atoms with Gasteiger partial charge in [0.25, 0.3) is 0 Å². The fourth-order valence-corrected chi connectivity index (χ4v) is 3.32. The molecule has 1 amide bonds. The summed E-state index contributed by atoms with van der Waals surface area (Å²) >= 11 is 0. The topological polar surface area (TPSA) is 46.3 Å². The molecule has 0 saturated heterocycles. The van der Waals surface area contributed by atoms with E-state index in [-0.39, 0.29) is 16.7 Å². The van der Waals surface area contributed by atoms with Crippen LogP contribution in [0.25, 0.3) is 0 Å². The molecule has 1 saturated carbocycles. The van der Waals surface area contributed by atoms with Crippen molar-refractivity contribution >= 4 is 5.91 Å². The number of amides is 1. The molecule has 1 aliphatic carbocycles. The first-order valence-corrected chi connectivity index (χ1v) is 7.26. The van der Waals surface area contributed by atoms with E-state index in [0.717, 1.165) is 12.8 Å². The Morgan fingerprint density at radius 1 is 1.17 bits per heavy atom. The van der Waals surface area contributed by atoms with E-state index in [1.54, 1.807) is 0 Å². The number of carbonyl (C=O) groups is 1. The third-order valence-corrected chi connectivity index (χ3v) is 5.30. The highest BCUT2D eigenvalue weighted by atomic mass is 16.2. The Hall–Kier alpha value is -0.570. The van der Waals surface area contributed by atoms with Crippen LogP contribution in [0, 0.1) is 16.7 Å². The van der Waals surface area contributed by atoms with E-state index in [2.05, 4.69) is 41.5 Å². The molecule has 0 aromatic rings. The monoisotopic (exact) mass is 254 g/mol. The van der Waals surface area contributed by atoms with Gasteiger partial charge in [-0.2, -0.15) is 0 Å². The summed E-state index contributed by atoms with van der Waals surface area (Å²) < 4.78 is 0. The number of nitrogens with two attached hydrogens (primary N) is 1. The summed E-state index contributed by atoms with van der Waals surface area (Å²) in [6.07, 6.45) is 2.02. The second-order valence-electron chi connectivity index (χ2n) is 6.67.